The lowest BCUT2D eigenvalue weighted by Crippen LogP contribution is -2.30. The van der Waals surface area contributed by atoms with Crippen molar-refractivity contribution in [3.63, 3.8) is 0 Å². The van der Waals surface area contributed by atoms with Gasteiger partial charge in [0.1, 0.15) is 10.6 Å². The van der Waals surface area contributed by atoms with Crippen molar-refractivity contribution >= 4 is 15.7 Å². The minimum Gasteiger partial charge on any atom is -0.490 e. The summed E-state index contributed by atoms with van der Waals surface area (Å²) in [5.41, 5.74) is 3.42. The number of aromatic nitrogens is 2. The van der Waals surface area contributed by atoms with E-state index in [1.165, 1.54) is 6.07 Å². The lowest BCUT2D eigenvalue weighted by atomic mass is 10.0. The van der Waals surface area contributed by atoms with E-state index in [2.05, 4.69) is 10.1 Å². The van der Waals surface area contributed by atoms with Gasteiger partial charge in [0.15, 0.2) is 9.84 Å². The number of likely N-dealkylation sites (tertiary alicyclic amines) is 1. The molecule has 9 nitrogen and oxygen atoms in total. The second-order valence-corrected chi connectivity index (χ2v) is 11.3. The number of sulfone groups is 1. The maximum absolute atomic E-state index is 12.4. The van der Waals surface area contributed by atoms with E-state index in [0.29, 0.717) is 30.8 Å². The molecule has 5 rings (SSSR count). The number of rotatable bonds is 7. The fraction of sp³-hybridized carbons (Fsp3) is 0.400. The molecule has 1 amide bonds. The lowest BCUT2D eigenvalue weighted by molar-refractivity contribution is -0.129. The van der Waals surface area contributed by atoms with Gasteiger partial charge in [0, 0.05) is 30.3 Å². The molecular formula is C25H27N3O6S. The second kappa shape index (κ2) is 8.76. The van der Waals surface area contributed by atoms with Crippen LogP contribution in [-0.2, 0) is 21.1 Å². The van der Waals surface area contributed by atoms with Gasteiger partial charge < -0.3 is 19.3 Å². The highest BCUT2D eigenvalue weighted by atomic mass is 32.2. The van der Waals surface area contributed by atoms with Gasteiger partial charge in [0.25, 0.3) is 5.89 Å². The monoisotopic (exact) mass is 497 g/mol. The van der Waals surface area contributed by atoms with E-state index in [1.807, 2.05) is 32.0 Å². The van der Waals surface area contributed by atoms with Gasteiger partial charge in [-0.05, 0) is 55.5 Å². The molecule has 184 valence electrons. The third-order valence-corrected chi connectivity index (χ3v) is 7.62. The van der Waals surface area contributed by atoms with E-state index in [0.717, 1.165) is 22.9 Å². The molecule has 1 fully saturated rings. The summed E-state index contributed by atoms with van der Waals surface area (Å²) in [6.45, 7) is 3.90. The van der Waals surface area contributed by atoms with Crippen LogP contribution >= 0.6 is 0 Å². The molecule has 0 bridgehead atoms. The average Bonchev–Trinajstić information content (AvgIpc) is 3.48. The summed E-state index contributed by atoms with van der Waals surface area (Å²) >= 11 is 0. The molecule has 1 aliphatic heterocycles. The first-order valence-electron chi connectivity index (χ1n) is 11.5. The van der Waals surface area contributed by atoms with Crippen molar-refractivity contribution in [2.24, 2.45) is 5.92 Å². The Hall–Kier alpha value is -3.24. The molecule has 10 heteroatoms. The van der Waals surface area contributed by atoms with Crippen LogP contribution in [0.4, 0.5) is 0 Å². The summed E-state index contributed by atoms with van der Waals surface area (Å²) in [4.78, 5) is 18.8. The van der Waals surface area contributed by atoms with Crippen molar-refractivity contribution < 1.29 is 27.6 Å². The van der Waals surface area contributed by atoms with Crippen LogP contribution in [0.2, 0.25) is 0 Å². The minimum absolute atomic E-state index is 0.0539. The zero-order chi connectivity index (χ0) is 24.9. The first kappa shape index (κ1) is 23.5. The Balaban J connectivity index is 1.50. The number of fused-ring (bicyclic) bond motifs is 3. The number of carbonyl (C=O) groups is 1. The number of ether oxygens (including phenoxy) is 1. The van der Waals surface area contributed by atoms with E-state index in [4.69, 9.17) is 9.26 Å². The number of hydrogen-bond donors (Lipinski definition) is 1. The van der Waals surface area contributed by atoms with Crippen molar-refractivity contribution in [3.05, 3.63) is 47.5 Å². The van der Waals surface area contributed by atoms with E-state index < -0.39 is 9.84 Å². The fourth-order valence-electron chi connectivity index (χ4n) is 5.15. The molecule has 1 N–H and O–H groups in total. The van der Waals surface area contributed by atoms with Crippen molar-refractivity contribution in [1.29, 1.82) is 0 Å². The largest absolute Gasteiger partial charge is 0.490 e. The summed E-state index contributed by atoms with van der Waals surface area (Å²) in [7, 11) is -3.55. The highest BCUT2D eigenvalue weighted by molar-refractivity contribution is 7.90. The first-order chi connectivity index (χ1) is 16.7. The van der Waals surface area contributed by atoms with Gasteiger partial charge in [-0.2, -0.15) is 4.98 Å². The molecule has 2 aromatic carbocycles. The number of nitrogens with zero attached hydrogens (tertiary/aromatic N) is 3. The van der Waals surface area contributed by atoms with Crippen molar-refractivity contribution in [2.75, 3.05) is 19.4 Å². The summed E-state index contributed by atoms with van der Waals surface area (Å²) in [5, 5.41) is 13.6. The summed E-state index contributed by atoms with van der Waals surface area (Å²) in [6, 6.07) is 10.6. The molecule has 1 saturated heterocycles. The SMILES string of the molecule is CC(C)Oc1ccc(-c2nc(-c3cccc4c3C[C@@H]3CC(=O)N(CCO)[C@H]43)no2)cc1S(C)(=O)=O. The Labute approximate surface area is 203 Å². The van der Waals surface area contributed by atoms with Crippen LogP contribution in [0, 0.1) is 5.92 Å². The molecule has 0 saturated carbocycles. The van der Waals surface area contributed by atoms with E-state index >= 15 is 0 Å². The van der Waals surface area contributed by atoms with Gasteiger partial charge in [0.2, 0.25) is 11.7 Å². The Morgan fingerprint density at radius 2 is 2.03 bits per heavy atom. The number of benzene rings is 2. The molecular weight excluding hydrogens is 470 g/mol. The van der Waals surface area contributed by atoms with E-state index in [1.54, 1.807) is 17.0 Å². The van der Waals surface area contributed by atoms with Gasteiger partial charge >= 0.3 is 0 Å². The van der Waals surface area contributed by atoms with Crippen LogP contribution in [-0.4, -0.2) is 60.0 Å². The third-order valence-electron chi connectivity index (χ3n) is 6.50. The minimum atomic E-state index is -3.55. The van der Waals surface area contributed by atoms with E-state index in [-0.39, 0.29) is 47.1 Å². The predicted octanol–water partition coefficient (Wildman–Crippen LogP) is 3.03. The maximum atomic E-state index is 12.4. The molecule has 0 spiro atoms. The van der Waals surface area contributed by atoms with Crippen LogP contribution in [0.25, 0.3) is 22.8 Å². The first-order valence-corrected chi connectivity index (χ1v) is 13.4. The molecule has 0 radical (unpaired) electrons. The van der Waals surface area contributed by atoms with Crippen molar-refractivity contribution in [2.45, 2.75) is 43.7 Å². The normalized spacial score (nSPS) is 19.3. The number of β-amino-alcohol motifs (C(OH)–C–C–N with tert-alkyl or cyclic N) is 1. The molecule has 35 heavy (non-hydrogen) atoms. The highest BCUT2D eigenvalue weighted by Crippen LogP contribution is 2.49. The molecule has 2 heterocycles. The molecule has 1 aliphatic carbocycles. The van der Waals surface area contributed by atoms with E-state index in [9.17, 15) is 18.3 Å². The summed E-state index contributed by atoms with van der Waals surface area (Å²) < 4.78 is 35.9. The second-order valence-electron chi connectivity index (χ2n) is 9.32. The van der Waals surface area contributed by atoms with Gasteiger partial charge in [-0.15, -0.1) is 0 Å². The standard InChI is InChI=1S/C25H27N3O6S/c1-14(2)33-20-8-7-15(12-21(20)35(3,31)32)25-26-24(27-34-25)18-6-4-5-17-19(18)11-16-13-22(30)28(9-10-29)23(16)17/h4-8,12,14,16,23,29H,9-11,13H2,1-3H3/t16-,23+/m1/s1. The Morgan fingerprint density at radius 1 is 1.23 bits per heavy atom. The number of amides is 1. The van der Waals surface area contributed by atoms with Gasteiger partial charge in [-0.25, -0.2) is 8.42 Å². The van der Waals surface area contributed by atoms with Crippen molar-refractivity contribution in [1.82, 2.24) is 15.0 Å². The predicted molar refractivity (Wildman–Crippen MR) is 127 cm³/mol. The molecule has 3 aromatic rings. The highest BCUT2D eigenvalue weighted by Gasteiger charge is 2.46. The van der Waals surface area contributed by atoms with Crippen LogP contribution in [0.1, 0.15) is 37.4 Å². The molecule has 1 aromatic heterocycles. The third kappa shape index (κ3) is 4.21. The summed E-state index contributed by atoms with van der Waals surface area (Å²) in [6.07, 6.45) is 2.12. The molecule has 2 atom stereocenters. The van der Waals surface area contributed by atoms with Crippen LogP contribution in [0.15, 0.2) is 45.8 Å². The van der Waals surface area contributed by atoms with Crippen molar-refractivity contribution in [3.8, 4) is 28.6 Å². The van der Waals surface area contributed by atoms with Crippen LogP contribution in [0.3, 0.4) is 0 Å². The van der Waals surface area contributed by atoms with Gasteiger partial charge in [0.05, 0.1) is 18.8 Å². The molecule has 0 unspecified atom stereocenters. The maximum Gasteiger partial charge on any atom is 0.258 e. The summed E-state index contributed by atoms with van der Waals surface area (Å²) in [5.74, 6) is 1.11. The topological polar surface area (TPSA) is 123 Å². The Morgan fingerprint density at radius 3 is 2.74 bits per heavy atom. The Kier molecular flexibility index (Phi) is 5.88. The van der Waals surface area contributed by atoms with Crippen LogP contribution < -0.4 is 4.74 Å². The zero-order valence-corrected chi connectivity index (χ0v) is 20.6. The quantitative estimate of drug-likeness (QED) is 0.528. The Bertz CT molecular complexity index is 1400. The molecule has 2 aliphatic rings. The number of aliphatic hydroxyl groups excluding tert-OH is 1. The zero-order valence-electron chi connectivity index (χ0n) is 19.8. The number of hydrogen-bond acceptors (Lipinski definition) is 8. The fourth-order valence-corrected chi connectivity index (χ4v) is 5.98. The smallest absolute Gasteiger partial charge is 0.258 e. The number of carbonyl (C=O) groups excluding carboxylic acids is 1. The average molecular weight is 498 g/mol. The van der Waals surface area contributed by atoms with Gasteiger partial charge in [-0.1, -0.05) is 23.4 Å². The lowest BCUT2D eigenvalue weighted by Gasteiger charge is -2.24. The number of aliphatic hydroxyl groups is 1. The van der Waals surface area contributed by atoms with Gasteiger partial charge in [-0.3, -0.25) is 4.79 Å². The van der Waals surface area contributed by atoms with Crippen LogP contribution in [0.5, 0.6) is 5.75 Å².